The fraction of sp³-hybridized carbons (Fsp3) is 0.600. The van der Waals surface area contributed by atoms with Crippen LogP contribution >= 0.6 is 0 Å². The highest BCUT2D eigenvalue weighted by Crippen LogP contribution is 2.48. The average molecular weight is 209 g/mol. The number of carbonyl (C=O) groups excluding carboxylic acids is 1. The van der Waals surface area contributed by atoms with Crippen molar-refractivity contribution in [3.8, 4) is 5.75 Å². The van der Waals surface area contributed by atoms with E-state index in [1.165, 1.54) is 7.11 Å². The summed E-state index contributed by atoms with van der Waals surface area (Å²) in [6.45, 7) is 0.403. The van der Waals surface area contributed by atoms with Crippen molar-refractivity contribution in [3.63, 3.8) is 0 Å². The molecule has 82 valence electrons. The van der Waals surface area contributed by atoms with Gasteiger partial charge in [0.1, 0.15) is 5.69 Å². The molecule has 5 nitrogen and oxygen atoms in total. The lowest BCUT2D eigenvalue weighted by molar-refractivity contribution is 0.0892. The number of aryl methyl sites for hydroxylation is 1. The van der Waals surface area contributed by atoms with Gasteiger partial charge in [-0.15, -0.1) is 0 Å². The molecule has 1 aromatic rings. The maximum absolute atomic E-state index is 12.2. The minimum atomic E-state index is -0.346. The second-order valence-corrected chi connectivity index (χ2v) is 4.00. The molecule has 0 aromatic carbocycles. The molecular formula is C10H15N3O2. The van der Waals surface area contributed by atoms with Crippen molar-refractivity contribution >= 4 is 5.78 Å². The zero-order chi connectivity index (χ0) is 11.1. The maximum Gasteiger partial charge on any atom is 0.192 e. The fourth-order valence-corrected chi connectivity index (χ4v) is 1.75. The Morgan fingerprint density at radius 1 is 1.73 bits per heavy atom. The summed E-state index contributed by atoms with van der Waals surface area (Å²) < 4.78 is 6.66. The molecule has 15 heavy (non-hydrogen) atoms. The van der Waals surface area contributed by atoms with Crippen LogP contribution < -0.4 is 10.5 Å². The smallest absolute Gasteiger partial charge is 0.192 e. The van der Waals surface area contributed by atoms with Crippen LogP contribution in [0.5, 0.6) is 5.75 Å². The van der Waals surface area contributed by atoms with E-state index in [0.29, 0.717) is 18.0 Å². The van der Waals surface area contributed by atoms with Crippen molar-refractivity contribution in [1.29, 1.82) is 0 Å². The number of carbonyl (C=O) groups is 1. The molecule has 0 radical (unpaired) electrons. The lowest BCUT2D eigenvalue weighted by Crippen LogP contribution is -2.27. The van der Waals surface area contributed by atoms with E-state index in [9.17, 15) is 4.79 Å². The molecule has 1 aliphatic carbocycles. The van der Waals surface area contributed by atoms with Crippen LogP contribution in [-0.4, -0.2) is 29.2 Å². The predicted molar refractivity (Wildman–Crippen MR) is 54.8 cm³/mol. The molecule has 1 fully saturated rings. The molecule has 0 spiro atoms. The summed E-state index contributed by atoms with van der Waals surface area (Å²) in [5.74, 6) is 0.587. The van der Waals surface area contributed by atoms with E-state index in [1.54, 1.807) is 17.9 Å². The van der Waals surface area contributed by atoms with Crippen molar-refractivity contribution in [2.24, 2.45) is 18.2 Å². The van der Waals surface area contributed by atoms with Crippen LogP contribution in [0.2, 0.25) is 0 Å². The second-order valence-electron chi connectivity index (χ2n) is 4.00. The van der Waals surface area contributed by atoms with Gasteiger partial charge in [-0.1, -0.05) is 0 Å². The number of hydrogen-bond acceptors (Lipinski definition) is 4. The second kappa shape index (κ2) is 3.34. The molecule has 0 saturated heterocycles. The van der Waals surface area contributed by atoms with Crippen molar-refractivity contribution in [2.45, 2.75) is 12.8 Å². The highest BCUT2D eigenvalue weighted by Gasteiger charge is 2.50. The largest absolute Gasteiger partial charge is 0.493 e. The van der Waals surface area contributed by atoms with Gasteiger partial charge in [0.05, 0.1) is 13.3 Å². The molecule has 0 bridgehead atoms. The third-order valence-electron chi connectivity index (χ3n) is 3.07. The first-order valence-electron chi connectivity index (χ1n) is 4.95. The first-order chi connectivity index (χ1) is 7.14. The van der Waals surface area contributed by atoms with Gasteiger partial charge in [0.15, 0.2) is 11.5 Å². The molecule has 2 rings (SSSR count). The monoisotopic (exact) mass is 209 g/mol. The van der Waals surface area contributed by atoms with Gasteiger partial charge in [0.2, 0.25) is 0 Å². The van der Waals surface area contributed by atoms with Crippen LogP contribution in [0.1, 0.15) is 23.3 Å². The number of ether oxygens (including phenoxy) is 1. The summed E-state index contributed by atoms with van der Waals surface area (Å²) in [5, 5.41) is 4.01. The number of nitrogens with two attached hydrogens (primary N) is 1. The molecule has 2 N–H and O–H groups in total. The van der Waals surface area contributed by atoms with E-state index in [0.717, 1.165) is 12.8 Å². The number of ketones is 1. The van der Waals surface area contributed by atoms with Gasteiger partial charge in [0.25, 0.3) is 0 Å². The lowest BCUT2D eigenvalue weighted by Gasteiger charge is -2.11. The lowest BCUT2D eigenvalue weighted by atomic mass is 9.98. The number of Topliss-reactive ketones (excluding diaryl/α,β-unsaturated/α-hetero) is 1. The third-order valence-corrected chi connectivity index (χ3v) is 3.07. The van der Waals surface area contributed by atoms with Gasteiger partial charge >= 0.3 is 0 Å². The van der Waals surface area contributed by atoms with Gasteiger partial charge < -0.3 is 10.5 Å². The summed E-state index contributed by atoms with van der Waals surface area (Å²) in [7, 11) is 3.28. The number of nitrogens with zero attached hydrogens (tertiary/aromatic N) is 2. The van der Waals surface area contributed by atoms with E-state index in [-0.39, 0.29) is 11.2 Å². The van der Waals surface area contributed by atoms with E-state index >= 15 is 0 Å². The normalized spacial score (nSPS) is 17.5. The van der Waals surface area contributed by atoms with Gasteiger partial charge in [-0.05, 0) is 12.8 Å². The Morgan fingerprint density at radius 2 is 2.40 bits per heavy atom. The Labute approximate surface area is 88.2 Å². The van der Waals surface area contributed by atoms with Crippen molar-refractivity contribution in [2.75, 3.05) is 13.7 Å². The summed E-state index contributed by atoms with van der Waals surface area (Å²) in [4.78, 5) is 12.2. The highest BCUT2D eigenvalue weighted by molar-refractivity contribution is 6.03. The molecule has 0 aliphatic heterocycles. The van der Waals surface area contributed by atoms with Crippen LogP contribution in [0, 0.1) is 5.41 Å². The zero-order valence-electron chi connectivity index (χ0n) is 8.99. The Morgan fingerprint density at radius 3 is 2.87 bits per heavy atom. The van der Waals surface area contributed by atoms with Crippen LogP contribution in [0.25, 0.3) is 0 Å². The first-order valence-corrected chi connectivity index (χ1v) is 4.95. The van der Waals surface area contributed by atoms with Crippen molar-refractivity contribution in [1.82, 2.24) is 9.78 Å². The quantitative estimate of drug-likeness (QED) is 0.726. The molecule has 1 aliphatic rings. The molecule has 0 unspecified atom stereocenters. The van der Waals surface area contributed by atoms with Crippen LogP contribution in [0.4, 0.5) is 0 Å². The zero-order valence-corrected chi connectivity index (χ0v) is 8.99. The number of rotatable bonds is 4. The van der Waals surface area contributed by atoms with Gasteiger partial charge in [-0.3, -0.25) is 9.48 Å². The molecule has 1 saturated carbocycles. The number of hydrogen-bond donors (Lipinski definition) is 1. The molecule has 5 heteroatoms. The highest BCUT2D eigenvalue weighted by atomic mass is 16.5. The first kappa shape index (κ1) is 10.2. The van der Waals surface area contributed by atoms with E-state index < -0.39 is 0 Å². The average Bonchev–Trinajstić information content (AvgIpc) is 2.96. The summed E-state index contributed by atoms with van der Waals surface area (Å²) in [6.07, 6.45) is 3.30. The maximum atomic E-state index is 12.2. The fourth-order valence-electron chi connectivity index (χ4n) is 1.75. The SMILES string of the molecule is COc1cnn(C)c1C(=O)C1(CN)CC1. The Kier molecular flexibility index (Phi) is 2.26. The Balaban J connectivity index is 2.36. The van der Waals surface area contributed by atoms with E-state index in [2.05, 4.69) is 5.10 Å². The van der Waals surface area contributed by atoms with Gasteiger partial charge in [-0.25, -0.2) is 0 Å². The molecule has 0 atom stereocenters. The van der Waals surface area contributed by atoms with Gasteiger partial charge in [-0.2, -0.15) is 5.10 Å². The van der Waals surface area contributed by atoms with E-state index in [4.69, 9.17) is 10.5 Å². The van der Waals surface area contributed by atoms with Gasteiger partial charge in [0, 0.05) is 19.0 Å². The molecule has 1 aromatic heterocycles. The van der Waals surface area contributed by atoms with Crippen LogP contribution in [0.15, 0.2) is 6.20 Å². The molecule has 0 amide bonds. The third kappa shape index (κ3) is 1.43. The summed E-state index contributed by atoms with van der Waals surface area (Å²) >= 11 is 0. The summed E-state index contributed by atoms with van der Waals surface area (Å²) in [5.41, 5.74) is 5.81. The van der Waals surface area contributed by atoms with Crippen LogP contribution in [-0.2, 0) is 7.05 Å². The molecule has 1 heterocycles. The van der Waals surface area contributed by atoms with E-state index in [1.807, 2.05) is 0 Å². The standard InChI is InChI=1S/C10H15N3O2/c1-13-8(7(15-2)5-12-13)9(14)10(6-11)3-4-10/h5H,3-4,6,11H2,1-2H3. The van der Waals surface area contributed by atoms with Crippen molar-refractivity contribution < 1.29 is 9.53 Å². The molecular weight excluding hydrogens is 194 g/mol. The Bertz CT molecular complexity index is 393. The minimum Gasteiger partial charge on any atom is -0.493 e. The van der Waals surface area contributed by atoms with Crippen LogP contribution in [0.3, 0.4) is 0 Å². The minimum absolute atomic E-state index is 0.0573. The number of aromatic nitrogens is 2. The topological polar surface area (TPSA) is 70.1 Å². The van der Waals surface area contributed by atoms with Crippen molar-refractivity contribution in [3.05, 3.63) is 11.9 Å². The number of methoxy groups -OCH3 is 1. The predicted octanol–water partition coefficient (Wildman–Crippen LogP) is 0.350. The Hall–Kier alpha value is -1.36. The summed E-state index contributed by atoms with van der Waals surface area (Å²) in [6, 6.07) is 0.